The quantitative estimate of drug-likeness (QED) is 0.601. The van der Waals surface area contributed by atoms with Gasteiger partial charge < -0.3 is 5.32 Å². The zero-order valence-electron chi connectivity index (χ0n) is 14.3. The third-order valence-electron chi connectivity index (χ3n) is 4.13. The van der Waals surface area contributed by atoms with E-state index in [1.54, 1.807) is 37.5 Å². The summed E-state index contributed by atoms with van der Waals surface area (Å²) in [6, 6.07) is 12.3. The standard InChI is InChI=1S/C20H13FN6/c1-23-19-15-8-14(13-4-2-12(10-22)3-5-13)9-16(21)18(15)26-20(27-19)17-11-24-6-7-25-17/h2-9,11H,1H3,(H,23,26,27). The molecular weight excluding hydrogens is 343 g/mol. The van der Waals surface area contributed by atoms with E-state index in [2.05, 4.69) is 31.3 Å². The molecule has 4 rings (SSSR count). The minimum Gasteiger partial charge on any atom is -0.373 e. The third kappa shape index (κ3) is 3.04. The van der Waals surface area contributed by atoms with E-state index in [4.69, 9.17) is 5.26 Å². The minimum absolute atomic E-state index is 0.201. The SMILES string of the molecule is CNc1nc(-c2cnccn2)nc2c(F)cc(-c3ccc(C#N)cc3)cc12. The molecule has 7 heteroatoms. The summed E-state index contributed by atoms with van der Waals surface area (Å²) in [5.41, 5.74) is 2.69. The average molecular weight is 356 g/mol. The molecule has 27 heavy (non-hydrogen) atoms. The second-order valence-electron chi connectivity index (χ2n) is 5.78. The molecule has 2 aromatic heterocycles. The van der Waals surface area contributed by atoms with Crippen molar-refractivity contribution in [1.29, 1.82) is 5.26 Å². The molecule has 0 spiro atoms. The summed E-state index contributed by atoms with van der Waals surface area (Å²) in [5.74, 6) is 0.330. The molecule has 4 aromatic rings. The second kappa shape index (κ2) is 6.77. The lowest BCUT2D eigenvalue weighted by Crippen LogP contribution is -2.01. The van der Waals surface area contributed by atoms with Crippen molar-refractivity contribution in [3.63, 3.8) is 0 Å². The van der Waals surface area contributed by atoms with Crippen LogP contribution in [0.2, 0.25) is 0 Å². The van der Waals surface area contributed by atoms with Crippen molar-refractivity contribution in [3.05, 3.63) is 66.4 Å². The smallest absolute Gasteiger partial charge is 0.182 e. The summed E-state index contributed by atoms with van der Waals surface area (Å²) >= 11 is 0. The van der Waals surface area contributed by atoms with Gasteiger partial charge >= 0.3 is 0 Å². The first-order valence-electron chi connectivity index (χ1n) is 8.15. The molecule has 0 atom stereocenters. The van der Waals surface area contributed by atoms with Crippen LogP contribution in [0.5, 0.6) is 0 Å². The Morgan fingerprint density at radius 1 is 1.04 bits per heavy atom. The van der Waals surface area contributed by atoms with Gasteiger partial charge in [0.25, 0.3) is 0 Å². The van der Waals surface area contributed by atoms with Crippen LogP contribution in [-0.4, -0.2) is 27.0 Å². The highest BCUT2D eigenvalue weighted by molar-refractivity contribution is 5.94. The lowest BCUT2D eigenvalue weighted by atomic mass is 10.0. The summed E-state index contributed by atoms with van der Waals surface area (Å²) in [4.78, 5) is 17.0. The van der Waals surface area contributed by atoms with Crippen molar-refractivity contribution < 1.29 is 4.39 Å². The Bertz CT molecular complexity index is 1170. The molecule has 0 unspecified atom stereocenters. The molecule has 0 aliphatic rings. The van der Waals surface area contributed by atoms with Crippen molar-refractivity contribution in [2.45, 2.75) is 0 Å². The van der Waals surface area contributed by atoms with Gasteiger partial charge in [0.1, 0.15) is 22.8 Å². The zero-order chi connectivity index (χ0) is 18.8. The van der Waals surface area contributed by atoms with Crippen molar-refractivity contribution in [2.75, 3.05) is 12.4 Å². The van der Waals surface area contributed by atoms with Crippen LogP contribution in [0.4, 0.5) is 10.2 Å². The molecule has 6 nitrogen and oxygen atoms in total. The van der Waals surface area contributed by atoms with Crippen LogP contribution >= 0.6 is 0 Å². The molecule has 0 radical (unpaired) electrons. The van der Waals surface area contributed by atoms with E-state index in [1.807, 2.05) is 6.07 Å². The van der Waals surface area contributed by atoms with Crippen molar-refractivity contribution in [2.24, 2.45) is 0 Å². The largest absolute Gasteiger partial charge is 0.373 e. The van der Waals surface area contributed by atoms with Crippen LogP contribution in [0.15, 0.2) is 55.0 Å². The van der Waals surface area contributed by atoms with Gasteiger partial charge in [-0.2, -0.15) is 5.26 Å². The highest BCUT2D eigenvalue weighted by Gasteiger charge is 2.15. The van der Waals surface area contributed by atoms with Crippen LogP contribution < -0.4 is 5.32 Å². The van der Waals surface area contributed by atoms with Crippen molar-refractivity contribution >= 4 is 16.7 Å². The Morgan fingerprint density at radius 3 is 2.52 bits per heavy atom. The number of rotatable bonds is 3. The van der Waals surface area contributed by atoms with Gasteiger partial charge in [-0.1, -0.05) is 12.1 Å². The van der Waals surface area contributed by atoms with Gasteiger partial charge in [-0.25, -0.2) is 19.3 Å². The van der Waals surface area contributed by atoms with Crippen LogP contribution in [0, 0.1) is 17.1 Å². The predicted octanol–water partition coefficient (Wildman–Crippen LogP) is 3.81. The topological polar surface area (TPSA) is 87.4 Å². The maximum Gasteiger partial charge on any atom is 0.182 e. The first-order chi connectivity index (χ1) is 13.2. The van der Waals surface area contributed by atoms with Gasteiger partial charge in [0.05, 0.1) is 17.8 Å². The molecule has 0 amide bonds. The van der Waals surface area contributed by atoms with Crippen molar-refractivity contribution in [3.8, 4) is 28.7 Å². The van der Waals surface area contributed by atoms with E-state index in [1.165, 1.54) is 18.5 Å². The molecule has 0 aliphatic carbocycles. The van der Waals surface area contributed by atoms with E-state index >= 15 is 0 Å². The lowest BCUT2D eigenvalue weighted by molar-refractivity contribution is 0.637. The van der Waals surface area contributed by atoms with Crippen LogP contribution in [-0.2, 0) is 0 Å². The van der Waals surface area contributed by atoms with Crippen LogP contribution in [0.1, 0.15) is 5.56 Å². The van der Waals surface area contributed by atoms with Crippen LogP contribution in [0.25, 0.3) is 33.5 Å². The molecular formula is C20H13FN6. The summed E-state index contributed by atoms with van der Waals surface area (Å²) < 4.78 is 14.9. The number of nitrogens with zero attached hydrogens (tertiary/aromatic N) is 5. The monoisotopic (exact) mass is 356 g/mol. The fraction of sp³-hybridized carbons (Fsp3) is 0.0500. The summed E-state index contributed by atoms with van der Waals surface area (Å²) in [6.45, 7) is 0. The first kappa shape index (κ1) is 16.5. The number of fused-ring (bicyclic) bond motifs is 1. The number of nitrogens with one attached hydrogen (secondary N) is 1. The Hall–Kier alpha value is -3.92. The van der Waals surface area contributed by atoms with Gasteiger partial charge in [0.15, 0.2) is 5.82 Å². The fourth-order valence-corrected chi connectivity index (χ4v) is 2.81. The Labute approximate surface area is 154 Å². The summed E-state index contributed by atoms with van der Waals surface area (Å²) in [7, 11) is 1.72. The summed E-state index contributed by atoms with van der Waals surface area (Å²) in [5, 5.41) is 12.5. The predicted molar refractivity (Wildman–Crippen MR) is 100 cm³/mol. The number of aromatic nitrogens is 4. The Kier molecular flexibility index (Phi) is 4.15. The van der Waals surface area contributed by atoms with E-state index in [0.29, 0.717) is 33.8 Å². The highest BCUT2D eigenvalue weighted by atomic mass is 19.1. The number of nitriles is 1. The molecule has 0 aliphatic heterocycles. The average Bonchev–Trinajstić information content (AvgIpc) is 2.73. The Morgan fingerprint density at radius 2 is 1.85 bits per heavy atom. The second-order valence-corrected chi connectivity index (χ2v) is 5.78. The molecule has 1 N–H and O–H groups in total. The third-order valence-corrected chi connectivity index (χ3v) is 4.13. The summed E-state index contributed by atoms with van der Waals surface area (Å²) in [6.07, 6.45) is 4.61. The number of hydrogen-bond donors (Lipinski definition) is 1. The first-order valence-corrected chi connectivity index (χ1v) is 8.15. The lowest BCUT2D eigenvalue weighted by Gasteiger charge is -2.11. The Balaban J connectivity index is 1.90. The normalized spacial score (nSPS) is 10.6. The van der Waals surface area contributed by atoms with Gasteiger partial charge in [-0.3, -0.25) is 4.98 Å². The molecule has 2 aromatic carbocycles. The van der Waals surface area contributed by atoms with E-state index in [0.717, 1.165) is 5.56 Å². The number of halogens is 1. The van der Waals surface area contributed by atoms with Gasteiger partial charge in [0.2, 0.25) is 0 Å². The highest BCUT2D eigenvalue weighted by Crippen LogP contribution is 2.31. The zero-order valence-corrected chi connectivity index (χ0v) is 14.3. The van der Waals surface area contributed by atoms with Crippen LogP contribution in [0.3, 0.4) is 0 Å². The number of benzene rings is 2. The molecule has 0 bridgehead atoms. The molecule has 0 saturated heterocycles. The molecule has 2 heterocycles. The van der Waals surface area contributed by atoms with Gasteiger partial charge in [-0.15, -0.1) is 0 Å². The molecule has 130 valence electrons. The van der Waals surface area contributed by atoms with E-state index in [-0.39, 0.29) is 5.52 Å². The maximum atomic E-state index is 14.9. The van der Waals surface area contributed by atoms with E-state index < -0.39 is 5.82 Å². The molecule has 0 saturated carbocycles. The van der Waals surface area contributed by atoms with E-state index in [9.17, 15) is 4.39 Å². The van der Waals surface area contributed by atoms with Gasteiger partial charge in [0, 0.05) is 24.8 Å². The van der Waals surface area contributed by atoms with Gasteiger partial charge in [-0.05, 0) is 35.4 Å². The van der Waals surface area contributed by atoms with Crippen molar-refractivity contribution in [1.82, 2.24) is 19.9 Å². The number of hydrogen-bond acceptors (Lipinski definition) is 6. The maximum absolute atomic E-state index is 14.9. The minimum atomic E-state index is -0.462. The molecule has 0 fully saturated rings. The fourth-order valence-electron chi connectivity index (χ4n) is 2.81. The number of anilines is 1.